The van der Waals surface area contributed by atoms with Gasteiger partial charge in [0.15, 0.2) is 0 Å². The van der Waals surface area contributed by atoms with Gasteiger partial charge in [0.2, 0.25) is 0 Å². The zero-order valence-corrected chi connectivity index (χ0v) is 14.4. The van der Waals surface area contributed by atoms with Crippen LogP contribution in [0.4, 0.5) is 11.5 Å². The summed E-state index contributed by atoms with van der Waals surface area (Å²) < 4.78 is 0. The standard InChI is InChI=1S/C21H22N4/c1-16(2)25-20-8-5-6-17(14-20)18-9-10-21(24-15-18)23-13-11-19-7-3-4-12-22-19/h3-10,12,14-15,25H,1,11,13H2,2H3,(H,23,24). The van der Waals surface area contributed by atoms with Crippen LogP contribution in [0.3, 0.4) is 0 Å². The number of nitrogens with zero attached hydrogens (tertiary/aromatic N) is 2. The van der Waals surface area contributed by atoms with Crippen LogP contribution in [0.2, 0.25) is 0 Å². The smallest absolute Gasteiger partial charge is 0.125 e. The molecule has 0 aliphatic heterocycles. The molecule has 0 aliphatic carbocycles. The molecule has 2 heterocycles. The second-order valence-electron chi connectivity index (χ2n) is 5.92. The van der Waals surface area contributed by atoms with Crippen LogP contribution >= 0.6 is 0 Å². The predicted molar refractivity (Wildman–Crippen MR) is 105 cm³/mol. The van der Waals surface area contributed by atoms with Crippen LogP contribution in [0, 0.1) is 0 Å². The lowest BCUT2D eigenvalue weighted by molar-refractivity contribution is 0.954. The van der Waals surface area contributed by atoms with E-state index in [9.17, 15) is 0 Å². The van der Waals surface area contributed by atoms with Crippen molar-refractivity contribution in [1.82, 2.24) is 9.97 Å². The fourth-order valence-corrected chi connectivity index (χ4v) is 2.56. The van der Waals surface area contributed by atoms with E-state index in [-0.39, 0.29) is 0 Å². The number of hydrogen-bond acceptors (Lipinski definition) is 4. The van der Waals surface area contributed by atoms with Crippen molar-refractivity contribution in [3.8, 4) is 11.1 Å². The minimum absolute atomic E-state index is 0.807. The van der Waals surface area contributed by atoms with Crippen LogP contribution in [0.5, 0.6) is 0 Å². The summed E-state index contributed by atoms with van der Waals surface area (Å²) >= 11 is 0. The van der Waals surface area contributed by atoms with Crippen LogP contribution in [-0.2, 0) is 6.42 Å². The van der Waals surface area contributed by atoms with E-state index >= 15 is 0 Å². The Morgan fingerprint density at radius 1 is 1.00 bits per heavy atom. The molecule has 4 heteroatoms. The van der Waals surface area contributed by atoms with Crippen molar-refractivity contribution in [3.05, 3.63) is 85.0 Å². The monoisotopic (exact) mass is 330 g/mol. The highest BCUT2D eigenvalue weighted by molar-refractivity contribution is 5.68. The molecule has 1 aromatic carbocycles. The molecule has 4 nitrogen and oxygen atoms in total. The third-order valence-electron chi connectivity index (χ3n) is 3.73. The first-order valence-corrected chi connectivity index (χ1v) is 8.33. The van der Waals surface area contributed by atoms with Gasteiger partial charge in [-0.25, -0.2) is 4.98 Å². The molecule has 3 aromatic rings. The Kier molecular flexibility index (Phi) is 5.42. The van der Waals surface area contributed by atoms with Gasteiger partial charge in [0.05, 0.1) is 0 Å². The van der Waals surface area contributed by atoms with E-state index in [2.05, 4.69) is 45.4 Å². The number of rotatable bonds is 7. The lowest BCUT2D eigenvalue weighted by Crippen LogP contribution is -2.06. The number of pyridine rings is 2. The summed E-state index contributed by atoms with van der Waals surface area (Å²) in [6.45, 7) is 6.63. The highest BCUT2D eigenvalue weighted by atomic mass is 15.0. The van der Waals surface area contributed by atoms with Gasteiger partial charge in [0.1, 0.15) is 5.82 Å². The van der Waals surface area contributed by atoms with Crippen LogP contribution in [0.15, 0.2) is 79.3 Å². The first-order chi connectivity index (χ1) is 12.2. The normalized spacial score (nSPS) is 10.3. The predicted octanol–water partition coefficient (Wildman–Crippen LogP) is 4.74. The van der Waals surface area contributed by atoms with Crippen LogP contribution < -0.4 is 10.6 Å². The summed E-state index contributed by atoms with van der Waals surface area (Å²) in [5.74, 6) is 0.871. The van der Waals surface area contributed by atoms with Crippen molar-refractivity contribution in [3.63, 3.8) is 0 Å². The Morgan fingerprint density at radius 3 is 2.64 bits per heavy atom. The summed E-state index contributed by atoms with van der Waals surface area (Å²) in [5.41, 5.74) is 5.23. The molecule has 0 aliphatic rings. The third kappa shape index (κ3) is 4.91. The van der Waals surface area contributed by atoms with E-state index in [1.54, 1.807) is 0 Å². The van der Waals surface area contributed by atoms with E-state index in [0.717, 1.165) is 47.0 Å². The zero-order chi connectivity index (χ0) is 17.5. The SMILES string of the molecule is C=C(C)Nc1cccc(-c2ccc(NCCc3ccccn3)nc2)c1. The van der Waals surface area contributed by atoms with Crippen molar-refractivity contribution in [1.29, 1.82) is 0 Å². The number of allylic oxidation sites excluding steroid dienone is 1. The lowest BCUT2D eigenvalue weighted by Gasteiger charge is -2.09. The van der Waals surface area contributed by atoms with Crippen molar-refractivity contribution < 1.29 is 0 Å². The largest absolute Gasteiger partial charge is 0.370 e. The molecule has 0 atom stereocenters. The Morgan fingerprint density at radius 2 is 1.92 bits per heavy atom. The molecule has 2 N–H and O–H groups in total. The maximum atomic E-state index is 4.51. The van der Waals surface area contributed by atoms with E-state index in [0.29, 0.717) is 0 Å². The molecule has 0 fully saturated rings. The maximum Gasteiger partial charge on any atom is 0.125 e. The Bertz CT molecular complexity index is 826. The Labute approximate surface area is 148 Å². The molecule has 0 radical (unpaired) electrons. The van der Waals surface area contributed by atoms with Gasteiger partial charge in [0.25, 0.3) is 0 Å². The first kappa shape index (κ1) is 16.7. The third-order valence-corrected chi connectivity index (χ3v) is 3.73. The van der Waals surface area contributed by atoms with Gasteiger partial charge in [0, 0.05) is 48.0 Å². The molecule has 3 rings (SSSR count). The van der Waals surface area contributed by atoms with Crippen molar-refractivity contribution in [2.75, 3.05) is 17.2 Å². The average Bonchev–Trinajstić information content (AvgIpc) is 2.63. The van der Waals surface area contributed by atoms with E-state index in [1.165, 1.54) is 0 Å². The molecule has 0 bridgehead atoms. The molecule has 25 heavy (non-hydrogen) atoms. The fraction of sp³-hybridized carbons (Fsp3) is 0.143. The van der Waals surface area contributed by atoms with Gasteiger partial charge >= 0.3 is 0 Å². The lowest BCUT2D eigenvalue weighted by atomic mass is 10.1. The number of nitrogens with one attached hydrogen (secondary N) is 2. The minimum atomic E-state index is 0.807. The van der Waals surface area contributed by atoms with Gasteiger partial charge in [-0.2, -0.15) is 0 Å². The summed E-state index contributed by atoms with van der Waals surface area (Å²) in [4.78, 5) is 8.83. The molecule has 0 amide bonds. The molecule has 0 unspecified atom stereocenters. The highest BCUT2D eigenvalue weighted by Crippen LogP contribution is 2.23. The highest BCUT2D eigenvalue weighted by Gasteiger charge is 2.01. The van der Waals surface area contributed by atoms with Gasteiger partial charge < -0.3 is 10.6 Å². The number of anilines is 2. The summed E-state index contributed by atoms with van der Waals surface area (Å²) in [7, 11) is 0. The molecular weight excluding hydrogens is 308 g/mol. The fourth-order valence-electron chi connectivity index (χ4n) is 2.56. The number of hydrogen-bond donors (Lipinski definition) is 2. The molecule has 0 saturated heterocycles. The van der Waals surface area contributed by atoms with Gasteiger partial charge in [-0.1, -0.05) is 24.8 Å². The summed E-state index contributed by atoms with van der Waals surface area (Å²) in [6, 6.07) is 18.3. The van der Waals surface area contributed by atoms with Crippen molar-refractivity contribution in [2.45, 2.75) is 13.3 Å². The Hall–Kier alpha value is -3.14. The topological polar surface area (TPSA) is 49.8 Å². The van der Waals surface area contributed by atoms with Crippen LogP contribution in [0.25, 0.3) is 11.1 Å². The minimum Gasteiger partial charge on any atom is -0.370 e. The summed E-state index contributed by atoms with van der Waals surface area (Å²) in [5, 5.41) is 6.57. The second-order valence-corrected chi connectivity index (χ2v) is 5.92. The maximum absolute atomic E-state index is 4.51. The Balaban J connectivity index is 1.61. The second kappa shape index (κ2) is 8.11. The van der Waals surface area contributed by atoms with Crippen LogP contribution in [-0.4, -0.2) is 16.5 Å². The van der Waals surface area contributed by atoms with E-state index in [1.807, 2.05) is 55.7 Å². The molecule has 0 spiro atoms. The zero-order valence-electron chi connectivity index (χ0n) is 14.4. The average molecular weight is 330 g/mol. The van der Waals surface area contributed by atoms with E-state index < -0.39 is 0 Å². The summed E-state index contributed by atoms with van der Waals surface area (Å²) in [6.07, 6.45) is 4.58. The molecule has 126 valence electrons. The van der Waals surface area contributed by atoms with Gasteiger partial charge in [-0.15, -0.1) is 0 Å². The first-order valence-electron chi connectivity index (χ1n) is 8.33. The van der Waals surface area contributed by atoms with Gasteiger partial charge in [-0.05, 0) is 48.9 Å². The molecule has 2 aromatic heterocycles. The van der Waals surface area contributed by atoms with Crippen LogP contribution in [0.1, 0.15) is 12.6 Å². The quantitative estimate of drug-likeness (QED) is 0.657. The molecule has 0 saturated carbocycles. The number of aromatic nitrogens is 2. The van der Waals surface area contributed by atoms with Crippen molar-refractivity contribution in [2.24, 2.45) is 0 Å². The molecular formula is C21H22N4. The van der Waals surface area contributed by atoms with Gasteiger partial charge in [-0.3, -0.25) is 4.98 Å². The van der Waals surface area contributed by atoms with Crippen molar-refractivity contribution >= 4 is 11.5 Å². The van der Waals surface area contributed by atoms with E-state index in [4.69, 9.17) is 0 Å². The number of benzene rings is 1.